The van der Waals surface area contributed by atoms with Crippen LogP contribution in [0.4, 0.5) is 10.5 Å². The largest absolute Gasteiger partial charge is 0.378 e. The monoisotopic (exact) mass is 335 g/mol. The van der Waals surface area contributed by atoms with Crippen molar-refractivity contribution in [3.63, 3.8) is 0 Å². The number of carbonyl (C=O) groups excluding carboxylic acids is 1. The molecule has 0 aliphatic carbocycles. The van der Waals surface area contributed by atoms with Gasteiger partial charge in [-0.15, -0.1) is 0 Å². The number of urea groups is 1. The van der Waals surface area contributed by atoms with Gasteiger partial charge < -0.3 is 19.9 Å². The molecule has 2 aliphatic heterocycles. The van der Waals surface area contributed by atoms with Crippen LogP contribution in [0.2, 0.25) is 0 Å². The molecule has 0 atom stereocenters. The fourth-order valence-corrected chi connectivity index (χ4v) is 3.81. The Balaban J connectivity index is 1.45. The van der Waals surface area contributed by atoms with Crippen LogP contribution in [0, 0.1) is 0 Å². The van der Waals surface area contributed by atoms with E-state index in [0.29, 0.717) is 26.3 Å². The Morgan fingerprint density at radius 2 is 1.78 bits per heavy atom. The maximum Gasteiger partial charge on any atom is 0.321 e. The van der Waals surface area contributed by atoms with Crippen LogP contribution in [0.25, 0.3) is 0 Å². The quantitative estimate of drug-likeness (QED) is 0.916. The molecule has 0 radical (unpaired) electrons. The summed E-state index contributed by atoms with van der Waals surface area (Å²) in [6.45, 7) is 6.12. The molecule has 6 heteroatoms. The van der Waals surface area contributed by atoms with Crippen molar-refractivity contribution in [1.82, 2.24) is 9.80 Å². The lowest BCUT2D eigenvalue weighted by Gasteiger charge is -2.27. The summed E-state index contributed by atoms with van der Waals surface area (Å²) < 4.78 is 5.27. The Morgan fingerprint density at radius 1 is 1.09 bits per heavy atom. The second-order valence-electron chi connectivity index (χ2n) is 5.93. The van der Waals surface area contributed by atoms with Crippen molar-refractivity contribution in [3.05, 3.63) is 29.8 Å². The van der Waals surface area contributed by atoms with Gasteiger partial charge in [-0.3, -0.25) is 0 Å². The number of hydrogen-bond donors (Lipinski definition) is 1. The SMILES string of the molecule is O=C(Nc1ccc(CCN2CCSCC2)cc1)N1CCOCC1. The Hall–Kier alpha value is -1.24. The molecule has 2 fully saturated rings. The van der Waals surface area contributed by atoms with Crippen LogP contribution in [0.1, 0.15) is 5.56 Å². The van der Waals surface area contributed by atoms with Crippen molar-refractivity contribution in [3.8, 4) is 0 Å². The highest BCUT2D eigenvalue weighted by Crippen LogP contribution is 2.13. The Morgan fingerprint density at radius 3 is 2.48 bits per heavy atom. The number of ether oxygens (including phenoxy) is 1. The maximum atomic E-state index is 12.1. The highest BCUT2D eigenvalue weighted by molar-refractivity contribution is 7.99. The maximum absolute atomic E-state index is 12.1. The zero-order valence-electron chi connectivity index (χ0n) is 13.5. The standard InChI is InChI=1S/C17H25N3O2S/c21-17(20-7-11-22-12-8-20)18-16-3-1-15(2-4-16)5-6-19-9-13-23-14-10-19/h1-4H,5-14H2,(H,18,21). The summed E-state index contributed by atoms with van der Waals surface area (Å²) in [5, 5.41) is 2.96. The van der Waals surface area contributed by atoms with Crippen molar-refractivity contribution in [2.24, 2.45) is 0 Å². The molecule has 2 heterocycles. The van der Waals surface area contributed by atoms with Crippen LogP contribution in [0.15, 0.2) is 24.3 Å². The molecule has 0 saturated carbocycles. The molecule has 0 aromatic heterocycles. The number of anilines is 1. The first kappa shape index (κ1) is 16.6. The van der Waals surface area contributed by atoms with Gasteiger partial charge in [0.25, 0.3) is 0 Å². The van der Waals surface area contributed by atoms with E-state index < -0.39 is 0 Å². The summed E-state index contributed by atoms with van der Waals surface area (Å²) in [6.07, 6.45) is 1.07. The second kappa shape index (κ2) is 8.57. The van der Waals surface area contributed by atoms with E-state index in [1.807, 2.05) is 23.9 Å². The number of amides is 2. The van der Waals surface area contributed by atoms with Crippen LogP contribution in [0.5, 0.6) is 0 Å². The van der Waals surface area contributed by atoms with E-state index in [-0.39, 0.29) is 6.03 Å². The summed E-state index contributed by atoms with van der Waals surface area (Å²) in [7, 11) is 0. The first-order valence-electron chi connectivity index (χ1n) is 8.34. The van der Waals surface area contributed by atoms with Crippen LogP contribution in [0.3, 0.4) is 0 Å². The van der Waals surface area contributed by atoms with Gasteiger partial charge in [0.2, 0.25) is 0 Å². The molecule has 3 rings (SSSR count). The van der Waals surface area contributed by atoms with Gasteiger partial charge in [-0.1, -0.05) is 12.1 Å². The third-order valence-electron chi connectivity index (χ3n) is 4.32. The first-order chi connectivity index (χ1) is 11.3. The molecule has 1 aromatic rings. The molecule has 2 saturated heterocycles. The van der Waals surface area contributed by atoms with E-state index in [4.69, 9.17) is 4.74 Å². The normalized spacial score (nSPS) is 19.6. The average Bonchev–Trinajstić information content (AvgIpc) is 2.63. The molecule has 0 spiro atoms. The van der Waals surface area contributed by atoms with Crippen molar-refractivity contribution in [1.29, 1.82) is 0 Å². The average molecular weight is 335 g/mol. The van der Waals surface area contributed by atoms with E-state index in [9.17, 15) is 4.79 Å². The highest BCUT2D eigenvalue weighted by Gasteiger charge is 2.16. The van der Waals surface area contributed by atoms with Crippen molar-refractivity contribution in [2.75, 3.05) is 62.8 Å². The number of hydrogen-bond acceptors (Lipinski definition) is 4. The number of nitrogens with one attached hydrogen (secondary N) is 1. The Kier molecular flexibility index (Phi) is 6.19. The Labute approximate surface area is 142 Å². The van der Waals surface area contributed by atoms with Gasteiger partial charge in [0.15, 0.2) is 0 Å². The molecule has 5 nitrogen and oxygen atoms in total. The predicted molar refractivity (Wildman–Crippen MR) is 95.3 cm³/mol. The molecule has 0 bridgehead atoms. The summed E-state index contributed by atoms with van der Waals surface area (Å²) in [4.78, 5) is 16.5. The van der Waals surface area contributed by atoms with Gasteiger partial charge in [0.05, 0.1) is 13.2 Å². The van der Waals surface area contributed by atoms with Gasteiger partial charge in [-0.05, 0) is 24.1 Å². The molecule has 23 heavy (non-hydrogen) atoms. The van der Waals surface area contributed by atoms with Crippen LogP contribution in [-0.2, 0) is 11.2 Å². The number of nitrogens with zero attached hydrogens (tertiary/aromatic N) is 2. The van der Waals surface area contributed by atoms with Crippen LogP contribution in [-0.4, -0.2) is 73.3 Å². The van der Waals surface area contributed by atoms with E-state index in [1.165, 1.54) is 30.2 Å². The smallest absolute Gasteiger partial charge is 0.321 e. The fraction of sp³-hybridized carbons (Fsp3) is 0.588. The third-order valence-corrected chi connectivity index (χ3v) is 5.27. The molecule has 2 aliphatic rings. The van der Waals surface area contributed by atoms with Crippen LogP contribution < -0.4 is 5.32 Å². The second-order valence-corrected chi connectivity index (χ2v) is 7.16. The third kappa shape index (κ3) is 5.12. The number of carbonyl (C=O) groups is 1. The van der Waals surface area contributed by atoms with E-state index in [2.05, 4.69) is 22.3 Å². The molecule has 2 amide bonds. The van der Waals surface area contributed by atoms with Crippen molar-refractivity contribution >= 4 is 23.5 Å². The highest BCUT2D eigenvalue weighted by atomic mass is 32.2. The minimum absolute atomic E-state index is 0.0353. The van der Waals surface area contributed by atoms with Gasteiger partial charge in [-0.2, -0.15) is 11.8 Å². The zero-order valence-corrected chi connectivity index (χ0v) is 14.3. The summed E-state index contributed by atoms with van der Waals surface area (Å²) >= 11 is 2.05. The molecular formula is C17H25N3O2S. The molecule has 126 valence electrons. The van der Waals surface area contributed by atoms with Crippen LogP contribution >= 0.6 is 11.8 Å². The topological polar surface area (TPSA) is 44.8 Å². The predicted octanol–water partition coefficient (Wildman–Crippen LogP) is 2.14. The van der Waals surface area contributed by atoms with Gasteiger partial charge in [0.1, 0.15) is 0 Å². The zero-order chi connectivity index (χ0) is 15.9. The summed E-state index contributed by atoms with van der Waals surface area (Å²) in [5.74, 6) is 2.51. The molecule has 0 unspecified atom stereocenters. The molecule has 1 N–H and O–H groups in total. The number of morpholine rings is 1. The van der Waals surface area contributed by atoms with Gasteiger partial charge in [-0.25, -0.2) is 4.79 Å². The first-order valence-corrected chi connectivity index (χ1v) is 9.49. The molecular weight excluding hydrogens is 310 g/mol. The van der Waals surface area contributed by atoms with E-state index in [0.717, 1.165) is 18.7 Å². The van der Waals surface area contributed by atoms with Gasteiger partial charge >= 0.3 is 6.03 Å². The lowest BCUT2D eigenvalue weighted by Crippen LogP contribution is -2.43. The summed E-state index contributed by atoms with van der Waals surface area (Å²) in [6, 6.07) is 8.20. The fourth-order valence-electron chi connectivity index (χ4n) is 2.84. The van der Waals surface area contributed by atoms with Crippen molar-refractivity contribution < 1.29 is 9.53 Å². The number of rotatable bonds is 4. The van der Waals surface area contributed by atoms with Crippen molar-refractivity contribution in [2.45, 2.75) is 6.42 Å². The molecule has 1 aromatic carbocycles. The Bertz CT molecular complexity index is 497. The minimum Gasteiger partial charge on any atom is -0.378 e. The van der Waals surface area contributed by atoms with E-state index >= 15 is 0 Å². The van der Waals surface area contributed by atoms with Gasteiger partial charge in [0, 0.05) is 49.9 Å². The van der Waals surface area contributed by atoms with E-state index in [1.54, 1.807) is 4.90 Å². The minimum atomic E-state index is -0.0353. The number of thioether (sulfide) groups is 1. The summed E-state index contributed by atoms with van der Waals surface area (Å²) in [5.41, 5.74) is 2.19. The number of benzene rings is 1. The lowest BCUT2D eigenvalue weighted by molar-refractivity contribution is 0.0564. The lowest BCUT2D eigenvalue weighted by atomic mass is 10.1.